The summed E-state index contributed by atoms with van der Waals surface area (Å²) in [7, 11) is -0.807. The number of para-hydroxylation sites is 1. The van der Waals surface area contributed by atoms with Crippen molar-refractivity contribution in [1.82, 2.24) is 20.3 Å². The van der Waals surface area contributed by atoms with Gasteiger partial charge in [0, 0.05) is 60.2 Å². The monoisotopic (exact) mass is 601 g/mol. The molecule has 0 aliphatic heterocycles. The van der Waals surface area contributed by atoms with Crippen LogP contribution in [-0.2, 0) is 10.0 Å². The number of carbonyl (C=O) groups is 1. The van der Waals surface area contributed by atoms with Gasteiger partial charge in [-0.2, -0.15) is 0 Å². The molecule has 9 nitrogen and oxygen atoms in total. The van der Waals surface area contributed by atoms with E-state index in [4.69, 9.17) is 4.42 Å². The van der Waals surface area contributed by atoms with E-state index < -0.39 is 27.6 Å². The number of fused-ring (bicyclic) bond motifs is 2. The maximum Gasteiger partial charge on any atom is 0.255 e. The van der Waals surface area contributed by atoms with E-state index in [1.165, 1.54) is 51.4 Å². The number of halogens is 2. The summed E-state index contributed by atoms with van der Waals surface area (Å²) in [6.07, 6.45) is 3.12. The normalized spacial score (nSPS) is 11.7. The molecule has 0 saturated carbocycles. The number of aromatic nitrogens is 3. The predicted molar refractivity (Wildman–Crippen MR) is 161 cm³/mol. The molecule has 12 heteroatoms. The largest absolute Gasteiger partial charge is 0.455 e. The molecule has 0 bridgehead atoms. The van der Waals surface area contributed by atoms with Crippen LogP contribution in [0.4, 0.5) is 14.5 Å². The smallest absolute Gasteiger partial charge is 0.255 e. The summed E-state index contributed by atoms with van der Waals surface area (Å²) in [5, 5.41) is 3.04. The highest BCUT2D eigenvalue weighted by Gasteiger charge is 2.27. The number of hydrogen-bond acceptors (Lipinski definition) is 6. The first-order valence-electron chi connectivity index (χ1n) is 13.3. The lowest BCUT2D eigenvalue weighted by molar-refractivity contribution is 0.0964. The standard InChI is InChI=1S/C31H25F2N5O4S/c1-4-43(40,41)38(3)25-14-26-22(27(31(39)34-2)29(42-26)17-8-10-20(32)11-9-17)13-21(25)18-12-19(16-35-15-18)30-36-24-7-5-6-23(33)28(24)37-30/h5-16H,4H2,1-3H3,(H,34,39)(H,36,37). The molecule has 3 aromatic carbocycles. The Morgan fingerprint density at radius 2 is 1.77 bits per heavy atom. The maximum absolute atomic E-state index is 14.4. The van der Waals surface area contributed by atoms with E-state index in [1.54, 1.807) is 42.7 Å². The quantitative estimate of drug-likeness (QED) is 0.227. The van der Waals surface area contributed by atoms with Crippen LogP contribution in [0.15, 0.2) is 77.5 Å². The lowest BCUT2D eigenvalue weighted by Gasteiger charge is -2.22. The molecule has 0 unspecified atom stereocenters. The molecule has 2 N–H and O–H groups in total. The highest BCUT2D eigenvalue weighted by molar-refractivity contribution is 7.92. The zero-order valence-corrected chi connectivity index (χ0v) is 24.1. The first kappa shape index (κ1) is 28.0. The van der Waals surface area contributed by atoms with Gasteiger partial charge in [-0.05, 0) is 55.5 Å². The molecule has 0 radical (unpaired) electrons. The minimum atomic E-state index is -3.73. The van der Waals surface area contributed by atoms with Gasteiger partial charge in [-0.15, -0.1) is 0 Å². The second-order valence-corrected chi connectivity index (χ2v) is 12.1. The van der Waals surface area contributed by atoms with Gasteiger partial charge in [0.1, 0.15) is 28.5 Å². The summed E-state index contributed by atoms with van der Waals surface area (Å²) in [6, 6.07) is 15.1. The number of hydrogen-bond donors (Lipinski definition) is 2. The minimum absolute atomic E-state index is 0.160. The number of rotatable bonds is 7. The van der Waals surface area contributed by atoms with Crippen LogP contribution in [-0.4, -0.2) is 49.1 Å². The molecule has 6 aromatic rings. The second-order valence-electron chi connectivity index (χ2n) is 9.81. The number of pyridine rings is 1. The number of H-pyrrole nitrogens is 1. The van der Waals surface area contributed by atoms with Crippen molar-refractivity contribution in [3.63, 3.8) is 0 Å². The second kappa shape index (κ2) is 10.6. The van der Waals surface area contributed by atoms with Gasteiger partial charge in [0.15, 0.2) is 5.82 Å². The number of amides is 1. The topological polar surface area (TPSA) is 121 Å². The third-order valence-electron chi connectivity index (χ3n) is 7.27. The van der Waals surface area contributed by atoms with Crippen molar-refractivity contribution in [3.8, 4) is 33.8 Å². The maximum atomic E-state index is 14.4. The Hall–Kier alpha value is -5.10. The van der Waals surface area contributed by atoms with Crippen LogP contribution in [0.25, 0.3) is 55.8 Å². The van der Waals surface area contributed by atoms with Crippen LogP contribution < -0.4 is 9.62 Å². The molecular weight excluding hydrogens is 576 g/mol. The van der Waals surface area contributed by atoms with Crippen LogP contribution >= 0.6 is 0 Å². The summed E-state index contributed by atoms with van der Waals surface area (Å²) in [4.78, 5) is 25.0. The Kier molecular flexibility index (Phi) is 6.93. The molecule has 43 heavy (non-hydrogen) atoms. The zero-order chi connectivity index (χ0) is 30.5. The van der Waals surface area contributed by atoms with E-state index in [1.807, 2.05) is 0 Å². The Bertz CT molecular complexity index is 2140. The first-order valence-corrected chi connectivity index (χ1v) is 14.9. The number of nitrogens with one attached hydrogen (secondary N) is 2. The molecule has 0 saturated heterocycles. The van der Waals surface area contributed by atoms with E-state index in [2.05, 4.69) is 20.3 Å². The molecule has 3 aromatic heterocycles. The molecule has 6 rings (SSSR count). The highest BCUT2D eigenvalue weighted by atomic mass is 32.2. The van der Waals surface area contributed by atoms with E-state index >= 15 is 0 Å². The van der Waals surface area contributed by atoms with Crippen molar-refractivity contribution in [2.75, 3.05) is 24.2 Å². The SMILES string of the molecule is CCS(=O)(=O)N(C)c1cc2oc(-c3ccc(F)cc3)c(C(=O)NC)c2cc1-c1cncc(-c2nc3c(F)cccc3[nH]2)c1. The summed E-state index contributed by atoms with van der Waals surface area (Å²) in [6.45, 7) is 1.54. The molecule has 0 aliphatic rings. The van der Waals surface area contributed by atoms with Gasteiger partial charge in [-0.25, -0.2) is 22.2 Å². The van der Waals surface area contributed by atoms with Crippen LogP contribution in [0, 0.1) is 11.6 Å². The van der Waals surface area contributed by atoms with Gasteiger partial charge in [0.05, 0.1) is 22.5 Å². The van der Waals surface area contributed by atoms with Gasteiger partial charge in [0.25, 0.3) is 5.91 Å². The van der Waals surface area contributed by atoms with Crippen molar-refractivity contribution in [2.24, 2.45) is 0 Å². The summed E-state index contributed by atoms with van der Waals surface area (Å²) >= 11 is 0. The number of carbonyl (C=O) groups excluding carboxylic acids is 1. The number of aromatic amines is 1. The third kappa shape index (κ3) is 4.89. The lowest BCUT2D eigenvalue weighted by atomic mass is 9.98. The third-order valence-corrected chi connectivity index (χ3v) is 9.04. The number of benzene rings is 3. The Balaban J connectivity index is 1.61. The fourth-order valence-corrected chi connectivity index (χ4v) is 5.81. The predicted octanol–water partition coefficient (Wildman–Crippen LogP) is 6.13. The van der Waals surface area contributed by atoms with Gasteiger partial charge in [-0.3, -0.25) is 14.1 Å². The average Bonchev–Trinajstić information content (AvgIpc) is 3.63. The number of imidazole rings is 1. The van der Waals surface area contributed by atoms with E-state index in [0.29, 0.717) is 39.0 Å². The van der Waals surface area contributed by atoms with E-state index in [9.17, 15) is 22.0 Å². The lowest BCUT2D eigenvalue weighted by Crippen LogP contribution is -2.28. The molecule has 1 amide bonds. The molecule has 218 valence electrons. The van der Waals surface area contributed by atoms with Crippen molar-refractivity contribution in [1.29, 1.82) is 0 Å². The number of nitrogens with zero attached hydrogens (tertiary/aromatic N) is 3. The molecular formula is C31H25F2N5O4S. The van der Waals surface area contributed by atoms with Crippen molar-refractivity contribution < 1.29 is 26.4 Å². The van der Waals surface area contributed by atoms with Crippen molar-refractivity contribution in [3.05, 3.63) is 90.3 Å². The van der Waals surface area contributed by atoms with Crippen LogP contribution in [0.1, 0.15) is 17.3 Å². The summed E-state index contributed by atoms with van der Waals surface area (Å²) < 4.78 is 61.4. The van der Waals surface area contributed by atoms with Crippen molar-refractivity contribution >= 4 is 43.6 Å². The highest BCUT2D eigenvalue weighted by Crippen LogP contribution is 2.42. The summed E-state index contributed by atoms with van der Waals surface area (Å²) in [5.74, 6) is -0.942. The first-order chi connectivity index (χ1) is 20.6. The Morgan fingerprint density at radius 3 is 2.47 bits per heavy atom. The Labute approximate surface area is 245 Å². The average molecular weight is 602 g/mol. The molecule has 0 atom stereocenters. The van der Waals surface area contributed by atoms with E-state index in [-0.39, 0.29) is 33.9 Å². The van der Waals surface area contributed by atoms with Gasteiger partial charge >= 0.3 is 0 Å². The van der Waals surface area contributed by atoms with Gasteiger partial charge < -0.3 is 14.7 Å². The zero-order valence-electron chi connectivity index (χ0n) is 23.3. The molecule has 0 fully saturated rings. The van der Waals surface area contributed by atoms with Gasteiger partial charge in [0.2, 0.25) is 10.0 Å². The molecule has 3 heterocycles. The fourth-order valence-electron chi connectivity index (χ4n) is 4.97. The number of sulfonamides is 1. The fraction of sp³-hybridized carbons (Fsp3) is 0.129. The van der Waals surface area contributed by atoms with Crippen LogP contribution in [0.5, 0.6) is 0 Å². The Morgan fingerprint density at radius 1 is 1.02 bits per heavy atom. The number of anilines is 1. The number of furan rings is 1. The molecule has 0 aliphatic carbocycles. The van der Waals surface area contributed by atoms with Crippen LogP contribution in [0.2, 0.25) is 0 Å². The van der Waals surface area contributed by atoms with Gasteiger partial charge in [-0.1, -0.05) is 6.07 Å². The van der Waals surface area contributed by atoms with Crippen molar-refractivity contribution in [2.45, 2.75) is 6.92 Å². The molecule has 0 spiro atoms. The van der Waals surface area contributed by atoms with E-state index in [0.717, 1.165) is 4.31 Å². The van der Waals surface area contributed by atoms with Crippen LogP contribution in [0.3, 0.4) is 0 Å². The summed E-state index contributed by atoms with van der Waals surface area (Å²) in [5.41, 5.74) is 3.40. The minimum Gasteiger partial charge on any atom is -0.455 e.